The number of hydrogen-bond donors (Lipinski definition) is 1. The Morgan fingerprint density at radius 2 is 2.10 bits per heavy atom. The number of nitrogens with zero attached hydrogens (tertiary/aromatic N) is 2. The van der Waals surface area contributed by atoms with Gasteiger partial charge in [0, 0.05) is 25.5 Å². The molecule has 118 valence electrons. The zero-order chi connectivity index (χ0) is 15.6. The minimum absolute atomic E-state index is 0.0677. The first-order valence-corrected chi connectivity index (χ1v) is 8.90. The molecule has 1 aliphatic rings. The molecule has 1 amide bonds. The Hall–Kier alpha value is -1.37. The lowest BCUT2D eigenvalue weighted by molar-refractivity contribution is -0.121. The topological polar surface area (TPSA) is 81.1 Å². The van der Waals surface area contributed by atoms with E-state index in [1.807, 2.05) is 0 Å². The van der Waals surface area contributed by atoms with E-state index < -0.39 is 21.0 Å². The third-order valence-corrected chi connectivity index (χ3v) is 6.35. The number of nitrogens with one attached hydrogen (secondary N) is 1. The van der Waals surface area contributed by atoms with Crippen molar-refractivity contribution in [2.24, 2.45) is 13.0 Å². The van der Waals surface area contributed by atoms with Gasteiger partial charge >= 0.3 is 0 Å². The molecule has 1 fully saturated rings. The highest BCUT2D eigenvalue weighted by Gasteiger charge is 2.34. The van der Waals surface area contributed by atoms with Gasteiger partial charge < -0.3 is 9.88 Å². The maximum absolute atomic E-state index is 12.4. The largest absolute Gasteiger partial charge is 0.352 e. The van der Waals surface area contributed by atoms with Gasteiger partial charge in [0.15, 0.2) is 0 Å². The SMILES string of the molecule is CC1CCCCC1NC(=O)C(C)S(=O)(=O)c1nccn1C. The molecular formula is C14H23N3O3S. The lowest BCUT2D eigenvalue weighted by Crippen LogP contribution is -2.47. The van der Waals surface area contributed by atoms with Crippen molar-refractivity contribution in [3.63, 3.8) is 0 Å². The fourth-order valence-electron chi connectivity index (χ4n) is 2.76. The first-order valence-electron chi connectivity index (χ1n) is 7.35. The summed E-state index contributed by atoms with van der Waals surface area (Å²) in [6.45, 7) is 3.52. The van der Waals surface area contributed by atoms with Gasteiger partial charge in [-0.25, -0.2) is 13.4 Å². The molecule has 0 aliphatic heterocycles. The number of amides is 1. The molecule has 21 heavy (non-hydrogen) atoms. The predicted molar refractivity (Wildman–Crippen MR) is 79.4 cm³/mol. The Kier molecular flexibility index (Phi) is 4.70. The van der Waals surface area contributed by atoms with Crippen molar-refractivity contribution in [1.82, 2.24) is 14.9 Å². The highest BCUT2D eigenvalue weighted by atomic mass is 32.2. The van der Waals surface area contributed by atoms with Crippen LogP contribution in [0.1, 0.15) is 39.5 Å². The molecule has 0 radical (unpaired) electrons. The molecule has 0 saturated heterocycles. The average molecular weight is 313 g/mol. The molecule has 6 nitrogen and oxygen atoms in total. The number of rotatable bonds is 4. The van der Waals surface area contributed by atoms with Gasteiger partial charge in [0.25, 0.3) is 0 Å². The van der Waals surface area contributed by atoms with Crippen LogP contribution in [0.5, 0.6) is 0 Å². The third-order valence-electron chi connectivity index (χ3n) is 4.31. The molecule has 0 bridgehead atoms. The fourth-order valence-corrected chi connectivity index (χ4v) is 4.09. The van der Waals surface area contributed by atoms with Crippen LogP contribution in [0.2, 0.25) is 0 Å². The van der Waals surface area contributed by atoms with Crippen LogP contribution in [-0.2, 0) is 21.7 Å². The number of aromatic nitrogens is 2. The Morgan fingerprint density at radius 1 is 1.43 bits per heavy atom. The zero-order valence-electron chi connectivity index (χ0n) is 12.7. The van der Waals surface area contributed by atoms with Crippen molar-refractivity contribution in [3.8, 4) is 0 Å². The molecule has 1 N–H and O–H groups in total. The first-order chi connectivity index (χ1) is 9.84. The zero-order valence-corrected chi connectivity index (χ0v) is 13.6. The third kappa shape index (κ3) is 3.28. The molecule has 3 atom stereocenters. The Balaban J connectivity index is 2.10. The van der Waals surface area contributed by atoms with Crippen molar-refractivity contribution in [1.29, 1.82) is 0 Å². The van der Waals surface area contributed by atoms with E-state index in [1.165, 1.54) is 24.1 Å². The van der Waals surface area contributed by atoms with E-state index in [0.29, 0.717) is 5.92 Å². The summed E-state index contributed by atoms with van der Waals surface area (Å²) in [6.07, 6.45) is 7.22. The van der Waals surface area contributed by atoms with E-state index in [-0.39, 0.29) is 11.2 Å². The van der Waals surface area contributed by atoms with Crippen molar-refractivity contribution in [3.05, 3.63) is 12.4 Å². The lowest BCUT2D eigenvalue weighted by atomic mass is 9.86. The second-order valence-corrected chi connectivity index (χ2v) is 8.05. The lowest BCUT2D eigenvalue weighted by Gasteiger charge is -2.30. The summed E-state index contributed by atoms with van der Waals surface area (Å²) in [7, 11) is -2.15. The summed E-state index contributed by atoms with van der Waals surface area (Å²) in [5, 5.41) is 1.70. The average Bonchev–Trinajstić information content (AvgIpc) is 2.87. The van der Waals surface area contributed by atoms with Crippen molar-refractivity contribution in [2.45, 2.75) is 56.0 Å². The number of aryl methyl sites for hydroxylation is 1. The molecule has 1 aromatic heterocycles. The molecule has 7 heteroatoms. The quantitative estimate of drug-likeness (QED) is 0.908. The van der Waals surface area contributed by atoms with Gasteiger partial charge in [-0.1, -0.05) is 19.8 Å². The van der Waals surface area contributed by atoms with Gasteiger partial charge in [0.2, 0.25) is 20.9 Å². The van der Waals surface area contributed by atoms with E-state index in [0.717, 1.165) is 19.3 Å². The highest BCUT2D eigenvalue weighted by molar-refractivity contribution is 7.92. The molecule has 1 aliphatic carbocycles. The number of imidazole rings is 1. The van der Waals surface area contributed by atoms with Gasteiger partial charge in [-0.3, -0.25) is 4.79 Å². The normalized spacial score (nSPS) is 24.5. The van der Waals surface area contributed by atoms with E-state index in [4.69, 9.17) is 0 Å². The van der Waals surface area contributed by atoms with Crippen LogP contribution in [0.15, 0.2) is 17.6 Å². The van der Waals surface area contributed by atoms with Crippen LogP contribution >= 0.6 is 0 Å². The second-order valence-electron chi connectivity index (χ2n) is 5.88. The molecule has 1 aromatic rings. The maximum atomic E-state index is 12.4. The van der Waals surface area contributed by atoms with E-state index in [1.54, 1.807) is 13.2 Å². The summed E-state index contributed by atoms with van der Waals surface area (Å²) in [4.78, 5) is 16.1. The Bertz CT molecular complexity index is 609. The number of hydrogen-bond acceptors (Lipinski definition) is 4. The standard InChI is InChI=1S/C14H23N3O3S/c1-10-6-4-5-7-12(10)16-13(18)11(2)21(19,20)14-15-8-9-17(14)3/h8-12H,4-7H2,1-3H3,(H,16,18). The van der Waals surface area contributed by atoms with Crippen molar-refractivity contribution in [2.75, 3.05) is 0 Å². The predicted octanol–water partition coefficient (Wildman–Crippen LogP) is 1.28. The summed E-state index contributed by atoms with van der Waals surface area (Å²) in [5.41, 5.74) is 0. The van der Waals surface area contributed by atoms with Crippen LogP contribution in [0.25, 0.3) is 0 Å². The summed E-state index contributed by atoms with van der Waals surface area (Å²) in [5.74, 6) is -0.0393. The van der Waals surface area contributed by atoms with E-state index in [2.05, 4.69) is 17.2 Å². The summed E-state index contributed by atoms with van der Waals surface area (Å²) >= 11 is 0. The summed E-state index contributed by atoms with van der Waals surface area (Å²) < 4.78 is 26.3. The minimum Gasteiger partial charge on any atom is -0.352 e. The van der Waals surface area contributed by atoms with Crippen LogP contribution < -0.4 is 5.32 Å². The molecule has 0 spiro atoms. The maximum Gasteiger partial charge on any atom is 0.238 e. The first kappa shape index (κ1) is 16.0. The molecular weight excluding hydrogens is 290 g/mol. The monoisotopic (exact) mass is 313 g/mol. The number of sulfone groups is 1. The van der Waals surface area contributed by atoms with Gasteiger partial charge in [-0.2, -0.15) is 0 Å². The summed E-state index contributed by atoms with van der Waals surface area (Å²) in [6, 6.07) is 0.0743. The fraction of sp³-hybridized carbons (Fsp3) is 0.714. The second kappa shape index (κ2) is 6.17. The molecule has 1 heterocycles. The molecule has 2 rings (SSSR count). The number of carbonyl (C=O) groups is 1. The van der Waals surface area contributed by atoms with Crippen LogP contribution in [0.3, 0.4) is 0 Å². The molecule has 0 aromatic carbocycles. The Labute approximate surface area is 125 Å². The van der Waals surface area contributed by atoms with Gasteiger partial charge in [0.1, 0.15) is 5.25 Å². The van der Waals surface area contributed by atoms with Gasteiger partial charge in [-0.15, -0.1) is 0 Å². The van der Waals surface area contributed by atoms with Crippen molar-refractivity contribution < 1.29 is 13.2 Å². The van der Waals surface area contributed by atoms with Crippen LogP contribution in [0.4, 0.5) is 0 Å². The number of carbonyl (C=O) groups excluding carboxylic acids is 1. The van der Waals surface area contributed by atoms with E-state index >= 15 is 0 Å². The minimum atomic E-state index is -3.75. The molecule has 1 saturated carbocycles. The smallest absolute Gasteiger partial charge is 0.238 e. The van der Waals surface area contributed by atoms with Gasteiger partial charge in [0.05, 0.1) is 0 Å². The van der Waals surface area contributed by atoms with Crippen LogP contribution in [0, 0.1) is 5.92 Å². The Morgan fingerprint density at radius 3 is 2.67 bits per heavy atom. The van der Waals surface area contributed by atoms with Gasteiger partial charge in [-0.05, 0) is 25.7 Å². The van der Waals surface area contributed by atoms with Crippen LogP contribution in [-0.4, -0.2) is 35.2 Å². The van der Waals surface area contributed by atoms with Crippen molar-refractivity contribution >= 4 is 15.7 Å². The van der Waals surface area contributed by atoms with E-state index in [9.17, 15) is 13.2 Å². The molecule has 3 unspecified atom stereocenters. The highest BCUT2D eigenvalue weighted by Crippen LogP contribution is 2.24.